The molecule has 5 atom stereocenters. The number of fused-ring (bicyclic) bond motifs is 1. The Hall–Kier alpha value is -2.65. The predicted molar refractivity (Wildman–Crippen MR) is 144 cm³/mol. The number of primary amides is 1. The van der Waals surface area contributed by atoms with Crippen LogP contribution in [0.4, 0.5) is 4.79 Å². The molecule has 10 nitrogen and oxygen atoms in total. The van der Waals surface area contributed by atoms with E-state index in [1.165, 1.54) is 0 Å². The zero-order chi connectivity index (χ0) is 28.8. The molecular formula is C28H47N5O5. The SMILES string of the molecule is CC(C)(C)NC(=O)N[C@H](C(=O)N1C[C@H]2[C@H](CC2(C)C)[C@H]1C(=O)N[C@@H](CC1CCC1)C(=O)C(N)=O)C(C)(C)C. The summed E-state index contributed by atoms with van der Waals surface area (Å²) in [4.78, 5) is 66.5. The molecule has 0 radical (unpaired) electrons. The normalized spacial score (nSPS) is 26.2. The molecule has 3 rings (SSSR count). The summed E-state index contributed by atoms with van der Waals surface area (Å²) in [6, 6.07) is -3.12. The highest BCUT2D eigenvalue weighted by Gasteiger charge is 2.61. The van der Waals surface area contributed by atoms with Crippen molar-refractivity contribution in [3.63, 3.8) is 0 Å². The monoisotopic (exact) mass is 533 g/mol. The predicted octanol–water partition coefficient (Wildman–Crippen LogP) is 2.10. The fraction of sp³-hybridized carbons (Fsp3) is 0.821. The van der Waals surface area contributed by atoms with E-state index in [2.05, 4.69) is 29.8 Å². The van der Waals surface area contributed by atoms with Gasteiger partial charge in [-0.1, -0.05) is 53.9 Å². The van der Waals surface area contributed by atoms with Crippen LogP contribution in [0.1, 0.15) is 87.5 Å². The minimum Gasteiger partial charge on any atom is -0.363 e. The van der Waals surface area contributed by atoms with E-state index in [-0.39, 0.29) is 29.1 Å². The molecule has 1 heterocycles. The Morgan fingerprint density at radius 3 is 2.05 bits per heavy atom. The largest absolute Gasteiger partial charge is 0.363 e. The first-order valence-corrected chi connectivity index (χ1v) is 13.8. The van der Waals surface area contributed by atoms with E-state index < -0.39 is 52.7 Å². The van der Waals surface area contributed by atoms with Gasteiger partial charge in [0.1, 0.15) is 12.1 Å². The number of rotatable bonds is 8. The third-order valence-corrected chi connectivity index (χ3v) is 8.52. The van der Waals surface area contributed by atoms with E-state index in [0.29, 0.717) is 13.0 Å². The smallest absolute Gasteiger partial charge is 0.315 e. The molecule has 0 bridgehead atoms. The number of carbonyl (C=O) groups is 5. The quantitative estimate of drug-likeness (QED) is 0.352. The van der Waals surface area contributed by atoms with Gasteiger partial charge in [-0.15, -0.1) is 0 Å². The average Bonchev–Trinajstić information content (AvgIpc) is 3.05. The molecule has 1 aliphatic heterocycles. The lowest BCUT2D eigenvalue weighted by Gasteiger charge is -2.48. The van der Waals surface area contributed by atoms with Crippen molar-refractivity contribution in [3.8, 4) is 0 Å². The number of ketones is 1. The van der Waals surface area contributed by atoms with Crippen LogP contribution in [-0.2, 0) is 19.2 Å². The first-order chi connectivity index (χ1) is 17.3. The van der Waals surface area contributed by atoms with Crippen LogP contribution in [0.5, 0.6) is 0 Å². The lowest BCUT2D eigenvalue weighted by atomic mass is 9.55. The van der Waals surface area contributed by atoms with E-state index in [1.54, 1.807) is 4.90 Å². The number of urea groups is 1. The molecule has 2 saturated carbocycles. The Bertz CT molecular complexity index is 975. The number of nitrogens with zero attached hydrogens (tertiary/aromatic N) is 1. The van der Waals surface area contributed by atoms with Gasteiger partial charge in [0, 0.05) is 12.1 Å². The lowest BCUT2D eigenvalue weighted by Crippen LogP contribution is -2.62. The van der Waals surface area contributed by atoms with Crippen LogP contribution >= 0.6 is 0 Å². The van der Waals surface area contributed by atoms with E-state index in [4.69, 9.17) is 5.73 Å². The van der Waals surface area contributed by atoms with Crippen molar-refractivity contribution in [2.75, 3.05) is 6.54 Å². The summed E-state index contributed by atoms with van der Waals surface area (Å²) in [7, 11) is 0. The van der Waals surface area contributed by atoms with E-state index >= 15 is 0 Å². The van der Waals surface area contributed by atoms with Gasteiger partial charge in [-0.2, -0.15) is 0 Å². The fourth-order valence-corrected chi connectivity index (χ4v) is 6.20. The number of amides is 5. The lowest BCUT2D eigenvalue weighted by molar-refractivity contribution is -0.144. The summed E-state index contributed by atoms with van der Waals surface area (Å²) in [5, 5.41) is 8.49. The third-order valence-electron chi connectivity index (χ3n) is 8.52. The minimum atomic E-state index is -1.07. The van der Waals surface area contributed by atoms with Crippen LogP contribution in [-0.4, -0.2) is 64.6 Å². The zero-order valence-corrected chi connectivity index (χ0v) is 24.3. The summed E-state index contributed by atoms with van der Waals surface area (Å²) in [6.07, 6.45) is 4.08. The molecule has 1 saturated heterocycles. The molecule has 214 valence electrons. The molecule has 2 aliphatic carbocycles. The summed E-state index contributed by atoms with van der Waals surface area (Å²) in [5.74, 6) is -2.33. The van der Waals surface area contributed by atoms with Gasteiger partial charge in [0.2, 0.25) is 17.6 Å². The van der Waals surface area contributed by atoms with Gasteiger partial charge in [-0.25, -0.2) is 4.79 Å². The molecule has 0 unspecified atom stereocenters. The standard InChI is InChI=1S/C28H47N5O5/c1-26(2,3)21(31-25(38)32-27(4,5)6)24(37)33-14-17-16(13-28(17,7)8)19(33)23(36)30-18(20(34)22(29)35)12-15-10-9-11-15/h15-19,21H,9-14H2,1-8H3,(H2,29,35)(H,30,36)(H2,31,32,38)/t16-,17-,18-,19-,21+/m0/s1. The number of carbonyl (C=O) groups excluding carboxylic acids is 5. The molecule has 3 fully saturated rings. The number of nitrogens with one attached hydrogen (secondary N) is 3. The highest BCUT2D eigenvalue weighted by molar-refractivity contribution is 6.37. The maximum atomic E-state index is 14.1. The molecular weight excluding hydrogens is 486 g/mol. The molecule has 0 aromatic carbocycles. The molecule has 5 N–H and O–H groups in total. The van der Waals surface area contributed by atoms with Gasteiger partial charge in [0.05, 0.1) is 6.04 Å². The Morgan fingerprint density at radius 2 is 1.61 bits per heavy atom. The van der Waals surface area contributed by atoms with Gasteiger partial charge in [-0.3, -0.25) is 19.2 Å². The molecule has 10 heteroatoms. The van der Waals surface area contributed by atoms with Crippen LogP contribution in [0.3, 0.4) is 0 Å². The molecule has 38 heavy (non-hydrogen) atoms. The number of Topliss-reactive ketones (excluding diaryl/α,β-unsaturated/α-hetero) is 1. The Morgan fingerprint density at radius 1 is 1.00 bits per heavy atom. The molecule has 0 aromatic heterocycles. The molecule has 0 aromatic rings. The third kappa shape index (κ3) is 6.49. The Balaban J connectivity index is 1.86. The topological polar surface area (TPSA) is 151 Å². The average molecular weight is 534 g/mol. The summed E-state index contributed by atoms with van der Waals surface area (Å²) < 4.78 is 0. The van der Waals surface area contributed by atoms with Crippen LogP contribution in [0.25, 0.3) is 0 Å². The van der Waals surface area contributed by atoms with E-state index in [0.717, 1.165) is 25.7 Å². The fourth-order valence-electron chi connectivity index (χ4n) is 6.20. The molecule has 3 aliphatic rings. The van der Waals surface area contributed by atoms with E-state index in [1.807, 2.05) is 41.5 Å². The molecule has 0 spiro atoms. The first-order valence-electron chi connectivity index (χ1n) is 13.8. The van der Waals surface area contributed by atoms with Crippen molar-refractivity contribution in [1.82, 2.24) is 20.9 Å². The molecule has 5 amide bonds. The Labute approximate surface area is 226 Å². The van der Waals surface area contributed by atoms with Crippen LogP contribution < -0.4 is 21.7 Å². The van der Waals surface area contributed by atoms with Crippen molar-refractivity contribution < 1.29 is 24.0 Å². The highest BCUT2D eigenvalue weighted by atomic mass is 16.2. The van der Waals surface area contributed by atoms with Crippen molar-refractivity contribution in [1.29, 1.82) is 0 Å². The number of hydrogen-bond donors (Lipinski definition) is 4. The summed E-state index contributed by atoms with van der Waals surface area (Å²) in [5.41, 5.74) is 4.14. The van der Waals surface area contributed by atoms with Crippen LogP contribution in [0.15, 0.2) is 0 Å². The summed E-state index contributed by atoms with van der Waals surface area (Å²) in [6.45, 7) is 15.8. The maximum absolute atomic E-state index is 14.1. The van der Waals surface area contributed by atoms with Crippen molar-refractivity contribution >= 4 is 29.5 Å². The number of likely N-dealkylation sites (tertiary alicyclic amines) is 1. The Kier molecular flexibility index (Phi) is 8.25. The van der Waals surface area contributed by atoms with Crippen molar-refractivity contribution in [2.45, 2.75) is 111 Å². The van der Waals surface area contributed by atoms with E-state index in [9.17, 15) is 24.0 Å². The summed E-state index contributed by atoms with van der Waals surface area (Å²) >= 11 is 0. The van der Waals surface area contributed by atoms with Gasteiger partial charge in [-0.05, 0) is 62.2 Å². The second kappa shape index (κ2) is 10.5. The van der Waals surface area contributed by atoms with Crippen molar-refractivity contribution in [2.24, 2.45) is 34.3 Å². The van der Waals surface area contributed by atoms with Gasteiger partial charge < -0.3 is 26.6 Å². The van der Waals surface area contributed by atoms with Crippen LogP contribution in [0.2, 0.25) is 0 Å². The number of nitrogens with two attached hydrogens (primary N) is 1. The second-order valence-corrected chi connectivity index (χ2v) is 14.4. The van der Waals surface area contributed by atoms with Gasteiger partial charge in [0.15, 0.2) is 0 Å². The minimum absolute atomic E-state index is 0.0408. The first kappa shape index (κ1) is 29.9. The van der Waals surface area contributed by atoms with Gasteiger partial charge >= 0.3 is 6.03 Å². The van der Waals surface area contributed by atoms with Crippen LogP contribution in [0, 0.1) is 28.6 Å². The zero-order valence-electron chi connectivity index (χ0n) is 24.3. The number of hydrogen-bond acceptors (Lipinski definition) is 5. The van der Waals surface area contributed by atoms with Gasteiger partial charge in [0.25, 0.3) is 5.91 Å². The highest BCUT2D eigenvalue weighted by Crippen LogP contribution is 2.57. The second-order valence-electron chi connectivity index (χ2n) is 14.4. The van der Waals surface area contributed by atoms with Crippen molar-refractivity contribution in [3.05, 3.63) is 0 Å². The maximum Gasteiger partial charge on any atom is 0.315 e.